The molecule has 0 fully saturated rings. The highest BCUT2D eigenvalue weighted by molar-refractivity contribution is 7.98. The lowest BCUT2D eigenvalue weighted by atomic mass is 10.2. The van der Waals surface area contributed by atoms with Gasteiger partial charge in [-0.25, -0.2) is 14.8 Å². The van der Waals surface area contributed by atoms with E-state index in [1.54, 1.807) is 27.0 Å². The summed E-state index contributed by atoms with van der Waals surface area (Å²) in [6, 6.07) is 1.26. The van der Waals surface area contributed by atoms with Gasteiger partial charge in [0.05, 0.1) is 0 Å². The number of aromatic carboxylic acids is 1. The van der Waals surface area contributed by atoms with Crippen molar-refractivity contribution in [2.24, 2.45) is 0 Å². The van der Waals surface area contributed by atoms with Crippen LogP contribution in [0.15, 0.2) is 22.2 Å². The van der Waals surface area contributed by atoms with E-state index in [0.717, 1.165) is 4.73 Å². The third-order valence-corrected chi connectivity index (χ3v) is 3.02. The monoisotopic (exact) mass is 309 g/mol. The maximum Gasteiger partial charge on any atom is 0.341 e. The third kappa shape index (κ3) is 3.15. The van der Waals surface area contributed by atoms with Crippen LogP contribution in [-0.4, -0.2) is 37.6 Å². The summed E-state index contributed by atoms with van der Waals surface area (Å²) in [6.45, 7) is 5.28. The minimum atomic E-state index is -1.32. The summed E-state index contributed by atoms with van der Waals surface area (Å²) >= 11 is 1.32. The normalized spacial score (nSPS) is 11.6. The van der Waals surface area contributed by atoms with Crippen LogP contribution < -0.4 is 10.4 Å². The van der Waals surface area contributed by atoms with Gasteiger partial charge in [-0.1, -0.05) is 11.8 Å². The zero-order chi connectivity index (χ0) is 15.8. The van der Waals surface area contributed by atoms with Gasteiger partial charge in [0.15, 0.2) is 10.8 Å². The predicted octanol–water partition coefficient (Wildman–Crippen LogP) is 1.44. The van der Waals surface area contributed by atoms with E-state index in [9.17, 15) is 9.59 Å². The molecule has 0 radical (unpaired) electrons. The van der Waals surface area contributed by atoms with Crippen molar-refractivity contribution in [3.8, 4) is 0 Å². The van der Waals surface area contributed by atoms with Crippen LogP contribution in [0, 0.1) is 0 Å². The minimum absolute atomic E-state index is 0.249. The van der Waals surface area contributed by atoms with Crippen molar-refractivity contribution in [2.75, 3.05) is 6.26 Å². The molecule has 0 aliphatic heterocycles. The van der Waals surface area contributed by atoms with E-state index in [-0.39, 0.29) is 11.2 Å². The SMILES string of the molecule is CSc1ncc2cc(C(=O)O)c(=O)n(OC(C)(C)C)c2n1. The summed E-state index contributed by atoms with van der Waals surface area (Å²) < 4.78 is 0.931. The molecule has 0 unspecified atom stereocenters. The van der Waals surface area contributed by atoms with Gasteiger partial charge in [-0.2, -0.15) is 0 Å². The fraction of sp³-hybridized carbons (Fsp3) is 0.385. The summed E-state index contributed by atoms with van der Waals surface area (Å²) in [5, 5.41) is 10.0. The van der Waals surface area contributed by atoms with Crippen LogP contribution in [0.2, 0.25) is 0 Å². The topological polar surface area (TPSA) is 94.3 Å². The minimum Gasteiger partial charge on any atom is -0.477 e. The Morgan fingerprint density at radius 2 is 2.10 bits per heavy atom. The molecule has 112 valence electrons. The highest BCUT2D eigenvalue weighted by Crippen LogP contribution is 2.16. The first-order chi connectivity index (χ1) is 9.73. The summed E-state index contributed by atoms with van der Waals surface area (Å²) in [4.78, 5) is 37.4. The van der Waals surface area contributed by atoms with Crippen molar-refractivity contribution in [2.45, 2.75) is 31.5 Å². The lowest BCUT2D eigenvalue weighted by Crippen LogP contribution is -2.40. The number of aromatic nitrogens is 3. The van der Waals surface area contributed by atoms with Crippen molar-refractivity contribution >= 4 is 28.8 Å². The lowest BCUT2D eigenvalue weighted by Gasteiger charge is -2.22. The molecular formula is C13H15N3O4S. The van der Waals surface area contributed by atoms with E-state index in [4.69, 9.17) is 9.94 Å². The van der Waals surface area contributed by atoms with Crippen molar-refractivity contribution in [1.82, 2.24) is 14.7 Å². The number of carbonyl (C=O) groups is 1. The fourth-order valence-corrected chi connectivity index (χ4v) is 2.00. The van der Waals surface area contributed by atoms with Crippen molar-refractivity contribution in [1.29, 1.82) is 0 Å². The van der Waals surface area contributed by atoms with Crippen LogP contribution >= 0.6 is 11.8 Å². The van der Waals surface area contributed by atoms with E-state index >= 15 is 0 Å². The number of hydrogen-bond acceptors (Lipinski definition) is 6. The Morgan fingerprint density at radius 3 is 2.62 bits per heavy atom. The van der Waals surface area contributed by atoms with E-state index in [1.807, 2.05) is 0 Å². The van der Waals surface area contributed by atoms with Crippen molar-refractivity contribution < 1.29 is 14.7 Å². The first-order valence-corrected chi connectivity index (χ1v) is 7.35. The molecular weight excluding hydrogens is 294 g/mol. The molecule has 1 N–H and O–H groups in total. The average molecular weight is 309 g/mol. The summed E-state index contributed by atoms with van der Waals surface area (Å²) in [6.07, 6.45) is 3.28. The van der Waals surface area contributed by atoms with Gasteiger partial charge in [0, 0.05) is 11.6 Å². The second-order valence-corrected chi connectivity index (χ2v) is 6.08. The Kier molecular flexibility index (Phi) is 3.91. The Bertz CT molecular complexity index is 764. The molecule has 0 aromatic carbocycles. The molecule has 0 aliphatic rings. The zero-order valence-corrected chi connectivity index (χ0v) is 12.9. The van der Waals surface area contributed by atoms with Gasteiger partial charge < -0.3 is 9.94 Å². The van der Waals surface area contributed by atoms with E-state index in [1.165, 1.54) is 24.0 Å². The summed E-state index contributed by atoms with van der Waals surface area (Å²) in [5.41, 5.74) is -1.57. The van der Waals surface area contributed by atoms with Crippen molar-refractivity contribution in [3.63, 3.8) is 0 Å². The third-order valence-electron chi connectivity index (χ3n) is 2.46. The highest BCUT2D eigenvalue weighted by Gasteiger charge is 2.21. The number of rotatable bonds is 3. The standard InChI is InChI=1S/C13H15N3O4S/c1-13(2,3)20-16-9-7(6-14-12(15-9)21-4)5-8(10(16)17)11(18)19/h5-6H,1-4H3,(H,18,19). The number of nitrogens with zero attached hydrogens (tertiary/aromatic N) is 3. The van der Waals surface area contributed by atoms with Crippen LogP contribution in [0.25, 0.3) is 11.0 Å². The number of thioether (sulfide) groups is 1. The lowest BCUT2D eigenvalue weighted by molar-refractivity contribution is -0.0150. The zero-order valence-electron chi connectivity index (χ0n) is 12.1. The summed E-state index contributed by atoms with van der Waals surface area (Å²) in [5.74, 6) is -1.32. The van der Waals surface area contributed by atoms with E-state index < -0.39 is 17.1 Å². The number of hydrogen-bond donors (Lipinski definition) is 1. The van der Waals surface area contributed by atoms with Gasteiger partial charge in [0.25, 0.3) is 5.56 Å². The Labute approximate surface area is 124 Å². The molecule has 0 amide bonds. The first kappa shape index (κ1) is 15.3. The molecule has 0 spiro atoms. The summed E-state index contributed by atoms with van der Waals surface area (Å²) in [7, 11) is 0. The van der Waals surface area contributed by atoms with Crippen LogP contribution in [0.1, 0.15) is 31.1 Å². The number of fused-ring (bicyclic) bond motifs is 1. The molecule has 0 saturated heterocycles. The Balaban J connectivity index is 2.83. The maximum atomic E-state index is 12.3. The largest absolute Gasteiger partial charge is 0.477 e. The van der Waals surface area contributed by atoms with Crippen molar-refractivity contribution in [3.05, 3.63) is 28.2 Å². The smallest absolute Gasteiger partial charge is 0.341 e. The average Bonchev–Trinajstić information content (AvgIpc) is 2.39. The number of pyridine rings is 1. The maximum absolute atomic E-state index is 12.3. The Hall–Kier alpha value is -2.09. The van der Waals surface area contributed by atoms with Crippen LogP contribution in [0.5, 0.6) is 0 Å². The van der Waals surface area contributed by atoms with Gasteiger partial charge in [0.1, 0.15) is 11.2 Å². The second-order valence-electron chi connectivity index (χ2n) is 5.30. The molecule has 0 saturated carbocycles. The van der Waals surface area contributed by atoms with E-state index in [2.05, 4.69) is 9.97 Å². The molecule has 21 heavy (non-hydrogen) atoms. The molecule has 0 atom stereocenters. The molecule has 7 nitrogen and oxygen atoms in total. The molecule has 2 aromatic heterocycles. The van der Waals surface area contributed by atoms with Gasteiger partial charge >= 0.3 is 5.97 Å². The Morgan fingerprint density at radius 1 is 1.43 bits per heavy atom. The first-order valence-electron chi connectivity index (χ1n) is 6.12. The van der Waals surface area contributed by atoms with Gasteiger partial charge in [0.2, 0.25) is 0 Å². The van der Waals surface area contributed by atoms with Crippen LogP contribution in [0.4, 0.5) is 0 Å². The molecule has 2 heterocycles. The van der Waals surface area contributed by atoms with Gasteiger partial charge in [-0.05, 0) is 33.1 Å². The second kappa shape index (κ2) is 5.36. The number of carboxylic acid groups (broad SMARTS) is 1. The fourth-order valence-electron chi connectivity index (χ4n) is 1.66. The quantitative estimate of drug-likeness (QED) is 0.677. The molecule has 0 bridgehead atoms. The van der Waals surface area contributed by atoms with Gasteiger partial charge in [-0.15, -0.1) is 4.73 Å². The molecule has 8 heteroatoms. The molecule has 2 rings (SSSR count). The molecule has 0 aliphatic carbocycles. The highest BCUT2D eigenvalue weighted by atomic mass is 32.2. The van der Waals surface area contributed by atoms with Crippen LogP contribution in [-0.2, 0) is 0 Å². The number of carboxylic acids is 1. The van der Waals surface area contributed by atoms with Gasteiger partial charge in [-0.3, -0.25) is 4.79 Å². The predicted molar refractivity (Wildman–Crippen MR) is 78.9 cm³/mol. The molecule has 2 aromatic rings. The van der Waals surface area contributed by atoms with Crippen LogP contribution in [0.3, 0.4) is 0 Å². The van der Waals surface area contributed by atoms with E-state index in [0.29, 0.717) is 10.5 Å².